The molecule has 0 aliphatic heterocycles. The number of nitrogens with two attached hydrogens (primary N) is 1. The van der Waals surface area contributed by atoms with Crippen LogP contribution in [0.1, 0.15) is 44.2 Å². The Morgan fingerprint density at radius 2 is 2.00 bits per heavy atom. The monoisotopic (exact) mass is 205 g/mol. The molecule has 0 saturated heterocycles. The maximum absolute atomic E-state index is 11.5. The maximum atomic E-state index is 11.5. The van der Waals surface area contributed by atoms with E-state index in [-0.39, 0.29) is 11.8 Å². The van der Waals surface area contributed by atoms with Crippen LogP contribution in [0.4, 0.5) is 0 Å². The Balaban J connectivity index is 2.42. The van der Waals surface area contributed by atoms with Gasteiger partial charge in [0.2, 0.25) is 0 Å². The van der Waals surface area contributed by atoms with E-state index in [2.05, 4.69) is 6.92 Å². The van der Waals surface area contributed by atoms with Gasteiger partial charge in [0.1, 0.15) is 5.78 Å². The summed E-state index contributed by atoms with van der Waals surface area (Å²) in [5.74, 6) is 0.271. The van der Waals surface area contributed by atoms with Crippen molar-refractivity contribution in [1.29, 1.82) is 0 Å². The zero-order chi connectivity index (χ0) is 11.1. The van der Waals surface area contributed by atoms with Gasteiger partial charge in [0.25, 0.3) is 0 Å². The van der Waals surface area contributed by atoms with Crippen molar-refractivity contribution >= 4 is 5.78 Å². The minimum Gasteiger partial charge on any atom is -0.324 e. The van der Waals surface area contributed by atoms with E-state index < -0.39 is 0 Å². The second kappa shape index (κ2) is 6.36. The summed E-state index contributed by atoms with van der Waals surface area (Å²) in [6.07, 6.45) is 3.16. The molecule has 1 atom stereocenters. The van der Waals surface area contributed by atoms with Gasteiger partial charge >= 0.3 is 0 Å². The molecule has 0 radical (unpaired) electrons. The standard InChI is InChI=1S/C13H19NO/c1-2-3-9-12(15)10-13(14)11-7-5-4-6-8-11/h4-8,13H,2-3,9-10,14H2,1H3. The third-order valence-electron chi connectivity index (χ3n) is 2.48. The van der Waals surface area contributed by atoms with Gasteiger partial charge in [0.15, 0.2) is 0 Å². The SMILES string of the molecule is CCCCC(=O)CC(N)c1ccccc1. The zero-order valence-electron chi connectivity index (χ0n) is 9.28. The Kier molecular flexibility index (Phi) is 5.05. The van der Waals surface area contributed by atoms with Crippen molar-refractivity contribution in [3.8, 4) is 0 Å². The molecule has 0 heterocycles. The van der Waals surface area contributed by atoms with E-state index in [1.54, 1.807) is 0 Å². The number of rotatable bonds is 6. The van der Waals surface area contributed by atoms with Crippen LogP contribution in [0.3, 0.4) is 0 Å². The molecule has 0 aliphatic carbocycles. The summed E-state index contributed by atoms with van der Waals surface area (Å²) in [7, 11) is 0. The molecule has 2 nitrogen and oxygen atoms in total. The number of benzene rings is 1. The number of carbonyl (C=O) groups excluding carboxylic acids is 1. The highest BCUT2D eigenvalue weighted by Crippen LogP contribution is 2.15. The van der Waals surface area contributed by atoms with E-state index >= 15 is 0 Å². The fourth-order valence-electron chi connectivity index (χ4n) is 1.54. The highest BCUT2D eigenvalue weighted by Gasteiger charge is 2.10. The Morgan fingerprint density at radius 1 is 1.33 bits per heavy atom. The van der Waals surface area contributed by atoms with Gasteiger partial charge in [-0.25, -0.2) is 0 Å². The Hall–Kier alpha value is -1.15. The summed E-state index contributed by atoms with van der Waals surface area (Å²) in [4.78, 5) is 11.5. The van der Waals surface area contributed by atoms with Gasteiger partial charge < -0.3 is 5.73 Å². The number of carbonyl (C=O) groups is 1. The number of Topliss-reactive ketones (excluding diaryl/α,β-unsaturated/α-hetero) is 1. The average Bonchev–Trinajstić information content (AvgIpc) is 2.27. The average molecular weight is 205 g/mol. The minimum absolute atomic E-state index is 0.143. The van der Waals surface area contributed by atoms with Gasteiger partial charge in [-0.15, -0.1) is 0 Å². The molecule has 2 heteroatoms. The van der Waals surface area contributed by atoms with E-state index in [1.807, 2.05) is 30.3 Å². The molecule has 1 rings (SSSR count). The van der Waals surface area contributed by atoms with E-state index in [4.69, 9.17) is 5.73 Å². The highest BCUT2D eigenvalue weighted by molar-refractivity contribution is 5.79. The molecular formula is C13H19NO. The van der Waals surface area contributed by atoms with Gasteiger partial charge in [0, 0.05) is 18.9 Å². The molecule has 0 aliphatic rings. The number of hydrogen-bond donors (Lipinski definition) is 1. The van der Waals surface area contributed by atoms with Crippen LogP contribution >= 0.6 is 0 Å². The summed E-state index contributed by atoms with van der Waals surface area (Å²) in [6.45, 7) is 2.09. The number of ketones is 1. The van der Waals surface area contributed by atoms with Gasteiger partial charge in [-0.2, -0.15) is 0 Å². The molecule has 0 aromatic heterocycles. The topological polar surface area (TPSA) is 43.1 Å². The van der Waals surface area contributed by atoms with E-state index in [9.17, 15) is 4.79 Å². The van der Waals surface area contributed by atoms with Crippen LogP contribution < -0.4 is 5.73 Å². The molecule has 1 aromatic carbocycles. The second-order valence-corrected chi connectivity index (χ2v) is 3.86. The molecular weight excluding hydrogens is 186 g/mol. The van der Waals surface area contributed by atoms with E-state index in [0.717, 1.165) is 18.4 Å². The largest absolute Gasteiger partial charge is 0.324 e. The molecule has 0 bridgehead atoms. The fourth-order valence-corrected chi connectivity index (χ4v) is 1.54. The van der Waals surface area contributed by atoms with Crippen molar-refractivity contribution in [1.82, 2.24) is 0 Å². The quantitative estimate of drug-likeness (QED) is 0.776. The van der Waals surface area contributed by atoms with Crippen LogP contribution in [0.5, 0.6) is 0 Å². The van der Waals surface area contributed by atoms with Gasteiger partial charge in [0.05, 0.1) is 0 Å². The molecule has 1 aromatic rings. The van der Waals surface area contributed by atoms with Crippen molar-refractivity contribution in [2.75, 3.05) is 0 Å². The second-order valence-electron chi connectivity index (χ2n) is 3.86. The smallest absolute Gasteiger partial charge is 0.134 e. The molecule has 0 spiro atoms. The normalized spacial score (nSPS) is 12.4. The summed E-state index contributed by atoms with van der Waals surface area (Å²) in [6, 6.07) is 9.65. The van der Waals surface area contributed by atoms with E-state index in [0.29, 0.717) is 12.8 Å². The number of unbranched alkanes of at least 4 members (excludes halogenated alkanes) is 1. The first-order chi connectivity index (χ1) is 7.24. The lowest BCUT2D eigenvalue weighted by molar-refractivity contribution is -0.119. The molecule has 82 valence electrons. The molecule has 15 heavy (non-hydrogen) atoms. The first-order valence-corrected chi connectivity index (χ1v) is 5.56. The van der Waals surface area contributed by atoms with Crippen molar-refractivity contribution in [2.24, 2.45) is 5.73 Å². The summed E-state index contributed by atoms with van der Waals surface area (Å²) < 4.78 is 0. The van der Waals surface area contributed by atoms with Crippen LogP contribution in [-0.2, 0) is 4.79 Å². The lowest BCUT2D eigenvalue weighted by Crippen LogP contribution is -2.15. The Labute approximate surface area is 91.5 Å². The molecule has 2 N–H and O–H groups in total. The zero-order valence-corrected chi connectivity index (χ0v) is 9.28. The molecule has 0 fully saturated rings. The van der Waals surface area contributed by atoms with Crippen LogP contribution in [0.25, 0.3) is 0 Å². The minimum atomic E-state index is -0.143. The molecule has 0 saturated carbocycles. The lowest BCUT2D eigenvalue weighted by Gasteiger charge is -2.10. The molecule has 0 amide bonds. The summed E-state index contributed by atoms with van der Waals surface area (Å²) in [5, 5.41) is 0. The maximum Gasteiger partial charge on any atom is 0.134 e. The lowest BCUT2D eigenvalue weighted by atomic mass is 10.0. The van der Waals surface area contributed by atoms with Crippen molar-refractivity contribution in [3.63, 3.8) is 0 Å². The van der Waals surface area contributed by atoms with Gasteiger partial charge in [-0.1, -0.05) is 43.7 Å². The predicted molar refractivity (Wildman–Crippen MR) is 62.5 cm³/mol. The first kappa shape index (κ1) is 11.9. The van der Waals surface area contributed by atoms with Crippen molar-refractivity contribution < 1.29 is 4.79 Å². The highest BCUT2D eigenvalue weighted by atomic mass is 16.1. The van der Waals surface area contributed by atoms with E-state index in [1.165, 1.54) is 0 Å². The van der Waals surface area contributed by atoms with Crippen LogP contribution in [-0.4, -0.2) is 5.78 Å². The number of hydrogen-bond acceptors (Lipinski definition) is 2. The Bertz CT molecular complexity index is 295. The first-order valence-electron chi connectivity index (χ1n) is 5.56. The molecule has 1 unspecified atom stereocenters. The third-order valence-corrected chi connectivity index (χ3v) is 2.48. The predicted octanol–water partition coefficient (Wildman–Crippen LogP) is 2.84. The summed E-state index contributed by atoms with van der Waals surface area (Å²) >= 11 is 0. The summed E-state index contributed by atoms with van der Waals surface area (Å²) in [5.41, 5.74) is 6.99. The van der Waals surface area contributed by atoms with Crippen LogP contribution in [0.15, 0.2) is 30.3 Å². The third kappa shape index (κ3) is 4.26. The van der Waals surface area contributed by atoms with Crippen molar-refractivity contribution in [3.05, 3.63) is 35.9 Å². The van der Waals surface area contributed by atoms with Gasteiger partial charge in [-0.3, -0.25) is 4.79 Å². The fraction of sp³-hybridized carbons (Fsp3) is 0.462. The van der Waals surface area contributed by atoms with Crippen LogP contribution in [0, 0.1) is 0 Å². The van der Waals surface area contributed by atoms with Crippen LogP contribution in [0.2, 0.25) is 0 Å². The van der Waals surface area contributed by atoms with Gasteiger partial charge in [-0.05, 0) is 12.0 Å². The van der Waals surface area contributed by atoms with Crippen molar-refractivity contribution in [2.45, 2.75) is 38.6 Å². The Morgan fingerprint density at radius 3 is 2.60 bits per heavy atom.